The van der Waals surface area contributed by atoms with Gasteiger partial charge in [0.05, 0.1) is 10.2 Å². The summed E-state index contributed by atoms with van der Waals surface area (Å²) < 4.78 is 3.22. The van der Waals surface area contributed by atoms with Gasteiger partial charge in [-0.1, -0.05) is 78.1 Å². The molecule has 1 aromatic heterocycles. The molecule has 4 rings (SSSR count). The normalized spacial score (nSPS) is 11.9. The van der Waals surface area contributed by atoms with Crippen LogP contribution in [-0.4, -0.2) is 10.5 Å². The molecule has 31 heavy (non-hydrogen) atoms. The molecule has 0 aliphatic heterocycles. The van der Waals surface area contributed by atoms with Crippen LogP contribution in [-0.2, 0) is 11.3 Å². The highest BCUT2D eigenvalue weighted by Crippen LogP contribution is 2.28. The Morgan fingerprint density at radius 3 is 2.16 bits per heavy atom. The summed E-state index contributed by atoms with van der Waals surface area (Å²) in [6.07, 6.45) is 2.18. The maximum Gasteiger partial charge on any atom is 0.249 e. The van der Waals surface area contributed by atoms with Crippen LogP contribution < -0.4 is 4.80 Å². The molecule has 0 fully saturated rings. The molecule has 0 aliphatic rings. The van der Waals surface area contributed by atoms with Crippen LogP contribution in [0.4, 0.5) is 0 Å². The second kappa shape index (κ2) is 9.27. The largest absolute Gasteiger partial charge is 0.312 e. The van der Waals surface area contributed by atoms with Gasteiger partial charge < -0.3 is 4.57 Å². The van der Waals surface area contributed by atoms with Crippen LogP contribution in [0.15, 0.2) is 90.4 Å². The van der Waals surface area contributed by atoms with E-state index in [1.165, 1.54) is 11.1 Å². The van der Waals surface area contributed by atoms with Crippen LogP contribution in [0.25, 0.3) is 10.2 Å². The van der Waals surface area contributed by atoms with Crippen LogP contribution in [0.3, 0.4) is 0 Å². The van der Waals surface area contributed by atoms with Crippen LogP contribution in [0.2, 0.25) is 0 Å². The van der Waals surface area contributed by atoms with Gasteiger partial charge in [-0.15, -0.1) is 6.58 Å². The maximum atomic E-state index is 13.1. The van der Waals surface area contributed by atoms with E-state index in [9.17, 15) is 4.79 Å². The average molecular weight is 427 g/mol. The van der Waals surface area contributed by atoms with E-state index in [0.717, 1.165) is 26.1 Å². The number of fused-ring (bicyclic) bond motifs is 1. The number of carbonyl (C=O) groups excluding carboxylic acids is 1. The van der Waals surface area contributed by atoms with Crippen LogP contribution in [0, 0.1) is 13.8 Å². The van der Waals surface area contributed by atoms with Gasteiger partial charge in [-0.25, -0.2) is 0 Å². The van der Waals surface area contributed by atoms with Gasteiger partial charge in [0.25, 0.3) is 0 Å². The lowest BCUT2D eigenvalue weighted by atomic mass is 9.88. The Labute approximate surface area is 187 Å². The van der Waals surface area contributed by atoms with E-state index in [1.807, 2.05) is 42.5 Å². The van der Waals surface area contributed by atoms with Crippen molar-refractivity contribution in [2.45, 2.75) is 32.7 Å². The smallest absolute Gasteiger partial charge is 0.249 e. The van der Waals surface area contributed by atoms with Crippen LogP contribution in [0.1, 0.15) is 34.6 Å². The van der Waals surface area contributed by atoms with Crippen molar-refractivity contribution in [3.05, 3.63) is 113 Å². The van der Waals surface area contributed by atoms with Crippen LogP contribution >= 0.6 is 11.3 Å². The number of thiazole rings is 1. The molecule has 3 aromatic carbocycles. The van der Waals surface area contributed by atoms with Gasteiger partial charge in [-0.05, 0) is 48.2 Å². The van der Waals surface area contributed by atoms with E-state index >= 15 is 0 Å². The summed E-state index contributed by atoms with van der Waals surface area (Å²) >= 11 is 1.56. The first-order valence-electron chi connectivity index (χ1n) is 10.5. The lowest BCUT2D eigenvalue weighted by Gasteiger charge is -2.16. The fraction of sp³-hybridized carbons (Fsp3) is 0.185. The van der Waals surface area contributed by atoms with Crippen molar-refractivity contribution in [3.8, 4) is 0 Å². The van der Waals surface area contributed by atoms with Crippen molar-refractivity contribution in [3.63, 3.8) is 0 Å². The Kier molecular flexibility index (Phi) is 6.28. The van der Waals surface area contributed by atoms with E-state index < -0.39 is 0 Å². The number of amides is 1. The Morgan fingerprint density at radius 1 is 1.00 bits per heavy atom. The van der Waals surface area contributed by atoms with Crippen molar-refractivity contribution in [2.75, 3.05) is 0 Å². The lowest BCUT2D eigenvalue weighted by Crippen LogP contribution is -2.17. The highest BCUT2D eigenvalue weighted by atomic mass is 32.1. The molecule has 4 heteroatoms. The third-order valence-corrected chi connectivity index (χ3v) is 6.65. The minimum absolute atomic E-state index is 0.0228. The summed E-state index contributed by atoms with van der Waals surface area (Å²) in [7, 11) is 0. The topological polar surface area (TPSA) is 34.4 Å². The standard InChI is InChI=1S/C27H26N2OS/c1-4-15-29-24-16-19(2)20(3)17-25(24)31-27(29)28-26(30)18-23(21-11-7-5-8-12-21)22-13-9-6-10-14-22/h4-14,16-17,23H,1,15,18H2,2-3H3. The highest BCUT2D eigenvalue weighted by molar-refractivity contribution is 7.16. The Hall–Kier alpha value is -3.24. The summed E-state index contributed by atoms with van der Waals surface area (Å²) in [6.45, 7) is 8.73. The molecule has 1 amide bonds. The van der Waals surface area contributed by atoms with E-state index in [0.29, 0.717) is 13.0 Å². The predicted molar refractivity (Wildman–Crippen MR) is 129 cm³/mol. The minimum atomic E-state index is -0.115. The van der Waals surface area contributed by atoms with Gasteiger partial charge in [0.2, 0.25) is 5.91 Å². The highest BCUT2D eigenvalue weighted by Gasteiger charge is 2.18. The van der Waals surface area contributed by atoms with Gasteiger partial charge in [0, 0.05) is 18.9 Å². The fourth-order valence-electron chi connectivity index (χ4n) is 3.84. The first-order chi connectivity index (χ1) is 15.1. The number of aryl methyl sites for hydroxylation is 2. The zero-order valence-corrected chi connectivity index (χ0v) is 18.7. The number of rotatable bonds is 6. The maximum absolute atomic E-state index is 13.1. The van der Waals surface area contributed by atoms with E-state index in [-0.39, 0.29) is 11.8 Å². The van der Waals surface area contributed by atoms with Crippen molar-refractivity contribution in [2.24, 2.45) is 4.99 Å². The second-order valence-electron chi connectivity index (χ2n) is 7.77. The Bertz CT molecular complexity index is 1240. The zero-order valence-electron chi connectivity index (χ0n) is 17.9. The first-order valence-corrected chi connectivity index (χ1v) is 11.3. The quantitative estimate of drug-likeness (QED) is 0.340. The summed E-state index contributed by atoms with van der Waals surface area (Å²) in [5.41, 5.74) is 5.82. The Balaban J connectivity index is 1.74. The van der Waals surface area contributed by atoms with E-state index in [1.54, 1.807) is 11.3 Å². The average Bonchev–Trinajstić information content (AvgIpc) is 3.09. The van der Waals surface area contributed by atoms with Crippen molar-refractivity contribution < 1.29 is 4.79 Å². The monoisotopic (exact) mass is 426 g/mol. The molecule has 3 nitrogen and oxygen atoms in total. The first kappa shape index (κ1) is 21.0. The number of aromatic nitrogens is 1. The molecule has 156 valence electrons. The predicted octanol–water partition coefficient (Wildman–Crippen LogP) is 6.16. The SMILES string of the molecule is C=CCn1c(=NC(=O)CC(c2ccccc2)c2ccccc2)sc2cc(C)c(C)cc21. The molecule has 0 radical (unpaired) electrons. The molecule has 0 saturated carbocycles. The number of hydrogen-bond acceptors (Lipinski definition) is 2. The number of hydrogen-bond donors (Lipinski definition) is 0. The molecule has 0 bridgehead atoms. The van der Waals surface area contributed by atoms with E-state index in [2.05, 4.69) is 66.4 Å². The molecule has 4 aromatic rings. The van der Waals surface area contributed by atoms with Crippen molar-refractivity contribution in [1.29, 1.82) is 0 Å². The summed E-state index contributed by atoms with van der Waals surface area (Å²) in [5, 5.41) is 0. The summed E-state index contributed by atoms with van der Waals surface area (Å²) in [6, 6.07) is 24.7. The molecule has 0 aliphatic carbocycles. The van der Waals surface area contributed by atoms with Gasteiger partial charge in [0.1, 0.15) is 0 Å². The molecular weight excluding hydrogens is 400 g/mol. The molecule has 0 saturated heterocycles. The Morgan fingerprint density at radius 2 is 1.58 bits per heavy atom. The van der Waals surface area contributed by atoms with Crippen LogP contribution in [0.5, 0.6) is 0 Å². The number of allylic oxidation sites excluding steroid dienone is 1. The van der Waals surface area contributed by atoms with Gasteiger partial charge in [0.15, 0.2) is 4.80 Å². The number of nitrogens with zero attached hydrogens (tertiary/aromatic N) is 2. The zero-order chi connectivity index (χ0) is 21.8. The summed E-state index contributed by atoms with van der Waals surface area (Å²) in [4.78, 5) is 18.4. The van der Waals surface area contributed by atoms with Crippen molar-refractivity contribution >= 4 is 27.5 Å². The molecule has 1 heterocycles. The molecule has 0 spiro atoms. The summed E-state index contributed by atoms with van der Waals surface area (Å²) in [5.74, 6) is -0.138. The van der Waals surface area contributed by atoms with E-state index in [4.69, 9.17) is 0 Å². The van der Waals surface area contributed by atoms with Gasteiger partial charge in [-0.3, -0.25) is 4.79 Å². The second-order valence-corrected chi connectivity index (χ2v) is 8.78. The molecule has 0 N–H and O–H groups in total. The third-order valence-electron chi connectivity index (χ3n) is 5.61. The number of benzene rings is 3. The van der Waals surface area contributed by atoms with Gasteiger partial charge in [-0.2, -0.15) is 4.99 Å². The number of carbonyl (C=O) groups is 1. The minimum Gasteiger partial charge on any atom is -0.312 e. The molecular formula is C27H26N2OS. The van der Waals surface area contributed by atoms with Gasteiger partial charge >= 0.3 is 0 Å². The lowest BCUT2D eigenvalue weighted by molar-refractivity contribution is -0.118. The fourth-order valence-corrected chi connectivity index (χ4v) is 4.97. The molecule has 0 atom stereocenters. The third kappa shape index (κ3) is 4.59. The molecule has 0 unspecified atom stereocenters. The van der Waals surface area contributed by atoms with Crippen molar-refractivity contribution in [1.82, 2.24) is 4.57 Å².